The predicted octanol–water partition coefficient (Wildman–Crippen LogP) is 3.51. The Morgan fingerprint density at radius 3 is 2.03 bits per heavy atom. The summed E-state index contributed by atoms with van der Waals surface area (Å²) in [5.41, 5.74) is 1.44. The molecule has 7 heteroatoms. The van der Waals surface area contributed by atoms with E-state index < -0.39 is 29.7 Å². The van der Waals surface area contributed by atoms with Crippen LogP contribution in [0.1, 0.15) is 58.3 Å². The number of fused-ring (bicyclic) bond motifs is 1. The van der Waals surface area contributed by atoms with Crippen molar-refractivity contribution in [1.29, 1.82) is 0 Å². The van der Waals surface area contributed by atoms with Gasteiger partial charge >= 0.3 is 5.97 Å². The average molecular weight is 408 g/mol. The molecule has 1 heterocycles. The van der Waals surface area contributed by atoms with Crippen molar-refractivity contribution in [3.05, 3.63) is 65.2 Å². The highest BCUT2D eigenvalue weighted by Gasteiger charge is 2.42. The molecule has 0 unspecified atom stereocenters. The highest BCUT2D eigenvalue weighted by atomic mass is 16.5. The first-order valence-electron chi connectivity index (χ1n) is 9.88. The van der Waals surface area contributed by atoms with Crippen molar-refractivity contribution < 1.29 is 23.9 Å². The number of nitrogens with zero attached hydrogens (tertiary/aromatic N) is 1. The summed E-state index contributed by atoms with van der Waals surface area (Å²) in [6.45, 7) is 5.84. The van der Waals surface area contributed by atoms with Gasteiger partial charge in [-0.15, -0.1) is 0 Å². The summed E-state index contributed by atoms with van der Waals surface area (Å²) < 4.78 is 4.94. The maximum atomic E-state index is 13.0. The van der Waals surface area contributed by atoms with Gasteiger partial charge in [-0.05, 0) is 55.7 Å². The van der Waals surface area contributed by atoms with E-state index in [-0.39, 0.29) is 12.5 Å². The number of ether oxygens (including phenoxy) is 1. The lowest BCUT2D eigenvalue weighted by molar-refractivity contribution is -0.120. The third-order valence-corrected chi connectivity index (χ3v) is 4.80. The van der Waals surface area contributed by atoms with Gasteiger partial charge in [0.15, 0.2) is 0 Å². The van der Waals surface area contributed by atoms with Crippen LogP contribution in [0.25, 0.3) is 0 Å². The normalized spacial score (nSPS) is 13.9. The second-order valence-corrected chi connectivity index (χ2v) is 7.46. The summed E-state index contributed by atoms with van der Waals surface area (Å²) in [5, 5.41) is 2.75. The smallest absolute Gasteiger partial charge is 0.338 e. The van der Waals surface area contributed by atoms with E-state index in [2.05, 4.69) is 5.32 Å². The molecule has 1 aliphatic rings. The minimum Gasteiger partial charge on any atom is -0.462 e. The maximum absolute atomic E-state index is 13.0. The number of hydrogen-bond donors (Lipinski definition) is 1. The number of anilines is 1. The average Bonchev–Trinajstić information content (AvgIpc) is 2.97. The monoisotopic (exact) mass is 408 g/mol. The summed E-state index contributed by atoms with van der Waals surface area (Å²) in [7, 11) is 0. The first-order chi connectivity index (χ1) is 14.3. The lowest BCUT2D eigenvalue weighted by atomic mass is 10.0. The first kappa shape index (κ1) is 21.2. The van der Waals surface area contributed by atoms with Gasteiger partial charge in [0.25, 0.3) is 11.8 Å². The molecule has 0 saturated heterocycles. The summed E-state index contributed by atoms with van der Waals surface area (Å²) >= 11 is 0. The number of carbonyl (C=O) groups excluding carboxylic acids is 4. The van der Waals surface area contributed by atoms with Gasteiger partial charge in [0, 0.05) is 5.69 Å². The van der Waals surface area contributed by atoms with Crippen LogP contribution in [0.4, 0.5) is 5.69 Å². The van der Waals surface area contributed by atoms with Crippen molar-refractivity contribution in [2.45, 2.75) is 33.2 Å². The second kappa shape index (κ2) is 8.90. The summed E-state index contributed by atoms with van der Waals surface area (Å²) in [6, 6.07) is 11.9. The fraction of sp³-hybridized carbons (Fsp3) is 0.304. The molecule has 3 rings (SSSR count). The van der Waals surface area contributed by atoms with Gasteiger partial charge in [0.2, 0.25) is 5.91 Å². The lowest BCUT2D eigenvalue weighted by Gasteiger charge is -2.26. The Hall–Kier alpha value is -3.48. The zero-order chi connectivity index (χ0) is 21.8. The Kier molecular flexibility index (Phi) is 6.30. The molecule has 2 aromatic rings. The SMILES string of the molecule is CCOC(=O)c1ccc(NC(=O)[C@H](CC(C)C)N2C(=O)c3ccccc3C2=O)cc1. The predicted molar refractivity (Wildman–Crippen MR) is 111 cm³/mol. The number of carbonyl (C=O) groups is 4. The fourth-order valence-corrected chi connectivity index (χ4v) is 3.40. The molecule has 0 radical (unpaired) electrons. The molecule has 1 atom stereocenters. The molecule has 0 spiro atoms. The maximum Gasteiger partial charge on any atom is 0.338 e. The van der Waals surface area contributed by atoms with Crippen LogP contribution < -0.4 is 5.32 Å². The number of hydrogen-bond acceptors (Lipinski definition) is 5. The Morgan fingerprint density at radius 2 is 1.53 bits per heavy atom. The molecule has 156 valence electrons. The van der Waals surface area contributed by atoms with Crippen molar-refractivity contribution in [2.75, 3.05) is 11.9 Å². The van der Waals surface area contributed by atoms with Gasteiger partial charge in [-0.2, -0.15) is 0 Å². The number of rotatable bonds is 7. The van der Waals surface area contributed by atoms with Crippen molar-refractivity contribution in [3.63, 3.8) is 0 Å². The molecule has 0 fully saturated rings. The number of benzene rings is 2. The van der Waals surface area contributed by atoms with Crippen molar-refractivity contribution in [3.8, 4) is 0 Å². The Labute approximate surface area is 175 Å². The third-order valence-electron chi connectivity index (χ3n) is 4.80. The zero-order valence-corrected chi connectivity index (χ0v) is 17.2. The van der Waals surface area contributed by atoms with E-state index >= 15 is 0 Å². The van der Waals surface area contributed by atoms with Gasteiger partial charge in [-0.3, -0.25) is 19.3 Å². The van der Waals surface area contributed by atoms with Crippen LogP contribution in [0.3, 0.4) is 0 Å². The molecule has 30 heavy (non-hydrogen) atoms. The molecule has 7 nitrogen and oxygen atoms in total. The number of imide groups is 1. The van der Waals surface area contributed by atoms with E-state index in [1.807, 2.05) is 13.8 Å². The van der Waals surface area contributed by atoms with Gasteiger partial charge in [-0.1, -0.05) is 26.0 Å². The lowest BCUT2D eigenvalue weighted by Crippen LogP contribution is -2.47. The largest absolute Gasteiger partial charge is 0.462 e. The van der Waals surface area contributed by atoms with E-state index in [4.69, 9.17) is 4.74 Å². The van der Waals surface area contributed by atoms with Crippen LogP contribution in [0.5, 0.6) is 0 Å². The molecule has 2 aromatic carbocycles. The summed E-state index contributed by atoms with van der Waals surface area (Å²) in [5.74, 6) is -1.75. The quantitative estimate of drug-likeness (QED) is 0.559. The van der Waals surface area contributed by atoms with Crippen LogP contribution in [0.2, 0.25) is 0 Å². The van der Waals surface area contributed by atoms with E-state index in [1.165, 1.54) is 0 Å². The molecule has 0 aliphatic carbocycles. The molecule has 0 bridgehead atoms. The molecule has 0 aromatic heterocycles. The van der Waals surface area contributed by atoms with Crippen LogP contribution >= 0.6 is 0 Å². The van der Waals surface area contributed by atoms with Gasteiger partial charge in [0.05, 0.1) is 23.3 Å². The molecule has 1 N–H and O–H groups in total. The van der Waals surface area contributed by atoms with E-state index in [1.54, 1.807) is 55.5 Å². The Bertz CT molecular complexity index is 946. The highest BCUT2D eigenvalue weighted by molar-refractivity contribution is 6.23. The van der Waals surface area contributed by atoms with Crippen LogP contribution in [-0.2, 0) is 9.53 Å². The fourth-order valence-electron chi connectivity index (χ4n) is 3.40. The Balaban J connectivity index is 1.81. The molecule has 0 saturated carbocycles. The highest BCUT2D eigenvalue weighted by Crippen LogP contribution is 2.27. The van der Waals surface area contributed by atoms with Crippen molar-refractivity contribution in [2.24, 2.45) is 5.92 Å². The summed E-state index contributed by atoms with van der Waals surface area (Å²) in [6.07, 6.45) is 0.332. The second-order valence-electron chi connectivity index (χ2n) is 7.46. The standard InChI is InChI=1S/C23H24N2O5/c1-4-30-23(29)15-9-11-16(12-10-15)24-20(26)19(13-14(2)3)25-21(27)17-7-5-6-8-18(17)22(25)28/h5-12,14,19H,4,13H2,1-3H3,(H,24,26)/t19-/m0/s1. The molecular weight excluding hydrogens is 384 g/mol. The van der Waals surface area contributed by atoms with E-state index in [0.717, 1.165) is 4.90 Å². The first-order valence-corrected chi connectivity index (χ1v) is 9.88. The van der Waals surface area contributed by atoms with Crippen LogP contribution in [0.15, 0.2) is 48.5 Å². The zero-order valence-electron chi connectivity index (χ0n) is 17.2. The van der Waals surface area contributed by atoms with Gasteiger partial charge in [0.1, 0.15) is 6.04 Å². The van der Waals surface area contributed by atoms with E-state index in [0.29, 0.717) is 28.8 Å². The number of amides is 3. The van der Waals surface area contributed by atoms with Crippen LogP contribution in [0, 0.1) is 5.92 Å². The molecule has 3 amide bonds. The molecule has 1 aliphatic heterocycles. The van der Waals surface area contributed by atoms with Gasteiger partial charge in [-0.25, -0.2) is 4.79 Å². The van der Waals surface area contributed by atoms with Crippen molar-refractivity contribution >= 4 is 29.4 Å². The Morgan fingerprint density at radius 1 is 0.967 bits per heavy atom. The third kappa shape index (κ3) is 4.25. The topological polar surface area (TPSA) is 92.8 Å². The molecular formula is C23H24N2O5. The van der Waals surface area contributed by atoms with E-state index in [9.17, 15) is 19.2 Å². The summed E-state index contributed by atoms with van der Waals surface area (Å²) in [4.78, 5) is 51.6. The number of nitrogens with one attached hydrogen (secondary N) is 1. The number of esters is 1. The van der Waals surface area contributed by atoms with Crippen LogP contribution in [-0.4, -0.2) is 41.2 Å². The van der Waals surface area contributed by atoms with Gasteiger partial charge < -0.3 is 10.1 Å². The minimum absolute atomic E-state index is 0.0799. The van der Waals surface area contributed by atoms with Crippen molar-refractivity contribution in [1.82, 2.24) is 4.90 Å². The minimum atomic E-state index is -0.942.